The Labute approximate surface area is 154 Å². The van der Waals surface area contributed by atoms with Gasteiger partial charge in [-0.2, -0.15) is 0 Å². The highest BCUT2D eigenvalue weighted by molar-refractivity contribution is 9.10. The van der Waals surface area contributed by atoms with Crippen LogP contribution in [-0.4, -0.2) is 22.4 Å². The van der Waals surface area contributed by atoms with E-state index in [0.29, 0.717) is 23.9 Å². The number of amides is 1. The summed E-state index contributed by atoms with van der Waals surface area (Å²) in [6.07, 6.45) is 1.60. The second-order valence-corrected chi connectivity index (χ2v) is 6.20. The average Bonchev–Trinajstić information content (AvgIpc) is 2.63. The van der Waals surface area contributed by atoms with Crippen molar-refractivity contribution in [3.63, 3.8) is 0 Å². The molecular formula is C19H17BrN4O. The molecule has 0 saturated carbocycles. The predicted octanol–water partition coefficient (Wildman–Crippen LogP) is 4.65. The lowest BCUT2D eigenvalue weighted by Crippen LogP contribution is -2.21. The van der Waals surface area contributed by atoms with Crippen molar-refractivity contribution in [2.75, 3.05) is 16.8 Å². The van der Waals surface area contributed by atoms with Crippen molar-refractivity contribution in [3.05, 3.63) is 77.0 Å². The van der Waals surface area contributed by atoms with Crippen molar-refractivity contribution < 1.29 is 4.79 Å². The summed E-state index contributed by atoms with van der Waals surface area (Å²) in [4.78, 5) is 23.2. The lowest BCUT2D eigenvalue weighted by atomic mass is 10.3. The minimum Gasteiger partial charge on any atom is -0.321 e. The Morgan fingerprint density at radius 3 is 2.64 bits per heavy atom. The van der Waals surface area contributed by atoms with Crippen LogP contribution in [0.2, 0.25) is 0 Å². The van der Waals surface area contributed by atoms with E-state index in [1.807, 2.05) is 66.4 Å². The molecule has 3 aromatic rings. The SMILES string of the molecule is CCN(c1ccccc1)c1nccc(C(=O)Nc2cccc(Br)c2)n1. The normalized spacial score (nSPS) is 10.3. The molecule has 0 atom stereocenters. The van der Waals surface area contributed by atoms with E-state index in [1.54, 1.807) is 12.3 Å². The summed E-state index contributed by atoms with van der Waals surface area (Å²) in [5, 5.41) is 2.85. The smallest absolute Gasteiger partial charge is 0.274 e. The monoisotopic (exact) mass is 396 g/mol. The van der Waals surface area contributed by atoms with Gasteiger partial charge in [0.25, 0.3) is 5.91 Å². The van der Waals surface area contributed by atoms with Crippen molar-refractivity contribution in [2.24, 2.45) is 0 Å². The fourth-order valence-corrected chi connectivity index (χ4v) is 2.81. The molecule has 126 valence electrons. The molecular weight excluding hydrogens is 380 g/mol. The Hall–Kier alpha value is -2.73. The van der Waals surface area contributed by atoms with E-state index in [1.165, 1.54) is 0 Å². The van der Waals surface area contributed by atoms with Crippen LogP contribution in [0.5, 0.6) is 0 Å². The highest BCUT2D eigenvalue weighted by Gasteiger charge is 2.14. The first-order chi connectivity index (χ1) is 12.2. The first-order valence-corrected chi connectivity index (χ1v) is 8.69. The van der Waals surface area contributed by atoms with E-state index in [0.717, 1.165) is 10.2 Å². The molecule has 25 heavy (non-hydrogen) atoms. The molecule has 3 rings (SSSR count). The largest absolute Gasteiger partial charge is 0.321 e. The van der Waals surface area contributed by atoms with Crippen LogP contribution in [0.15, 0.2) is 71.3 Å². The topological polar surface area (TPSA) is 58.1 Å². The first kappa shape index (κ1) is 17.1. The van der Waals surface area contributed by atoms with Gasteiger partial charge in [0.2, 0.25) is 5.95 Å². The number of carbonyl (C=O) groups excluding carboxylic acids is 1. The Balaban J connectivity index is 1.84. The van der Waals surface area contributed by atoms with Crippen molar-refractivity contribution >= 4 is 39.2 Å². The molecule has 2 aromatic carbocycles. The number of carbonyl (C=O) groups is 1. The molecule has 1 N–H and O–H groups in total. The van der Waals surface area contributed by atoms with E-state index < -0.39 is 0 Å². The molecule has 1 aromatic heterocycles. The third-order valence-corrected chi connectivity index (χ3v) is 4.08. The molecule has 1 heterocycles. The Kier molecular flexibility index (Phi) is 5.40. The Morgan fingerprint density at radius 1 is 1.12 bits per heavy atom. The van der Waals surface area contributed by atoms with Gasteiger partial charge in [0.1, 0.15) is 5.69 Å². The van der Waals surface area contributed by atoms with Gasteiger partial charge in [-0.3, -0.25) is 4.79 Å². The summed E-state index contributed by atoms with van der Waals surface area (Å²) in [5.41, 5.74) is 2.00. The number of anilines is 3. The number of rotatable bonds is 5. The van der Waals surface area contributed by atoms with Gasteiger partial charge in [0, 0.05) is 28.6 Å². The van der Waals surface area contributed by atoms with Crippen LogP contribution in [0, 0.1) is 0 Å². The molecule has 0 aliphatic rings. The molecule has 0 spiro atoms. The summed E-state index contributed by atoms with van der Waals surface area (Å²) in [6, 6.07) is 18.9. The fraction of sp³-hybridized carbons (Fsp3) is 0.105. The third-order valence-electron chi connectivity index (χ3n) is 3.58. The highest BCUT2D eigenvalue weighted by atomic mass is 79.9. The lowest BCUT2D eigenvalue weighted by molar-refractivity contribution is 0.102. The molecule has 0 aliphatic heterocycles. The highest BCUT2D eigenvalue weighted by Crippen LogP contribution is 2.21. The van der Waals surface area contributed by atoms with Gasteiger partial charge in [-0.1, -0.05) is 40.2 Å². The van der Waals surface area contributed by atoms with Crippen LogP contribution in [-0.2, 0) is 0 Å². The minimum atomic E-state index is -0.272. The maximum Gasteiger partial charge on any atom is 0.274 e. The predicted molar refractivity (Wildman–Crippen MR) is 103 cm³/mol. The average molecular weight is 397 g/mol. The second kappa shape index (κ2) is 7.90. The molecule has 0 bridgehead atoms. The minimum absolute atomic E-state index is 0.272. The van der Waals surface area contributed by atoms with Gasteiger partial charge in [0.05, 0.1) is 0 Å². The molecule has 0 radical (unpaired) electrons. The van der Waals surface area contributed by atoms with Crippen molar-refractivity contribution in [1.82, 2.24) is 9.97 Å². The lowest BCUT2D eigenvalue weighted by Gasteiger charge is -2.21. The number of nitrogens with zero attached hydrogens (tertiary/aromatic N) is 3. The van der Waals surface area contributed by atoms with Gasteiger partial charge in [-0.15, -0.1) is 0 Å². The van der Waals surface area contributed by atoms with Crippen LogP contribution in [0.4, 0.5) is 17.3 Å². The van der Waals surface area contributed by atoms with E-state index in [9.17, 15) is 4.79 Å². The maximum absolute atomic E-state index is 12.5. The van der Waals surface area contributed by atoms with Crippen LogP contribution in [0.25, 0.3) is 0 Å². The number of nitrogens with one attached hydrogen (secondary N) is 1. The summed E-state index contributed by atoms with van der Waals surface area (Å²) < 4.78 is 0.898. The van der Waals surface area contributed by atoms with E-state index in [2.05, 4.69) is 31.2 Å². The molecule has 0 unspecified atom stereocenters. The maximum atomic E-state index is 12.5. The number of aromatic nitrogens is 2. The zero-order valence-electron chi connectivity index (χ0n) is 13.7. The van der Waals surface area contributed by atoms with Gasteiger partial charge in [0.15, 0.2) is 0 Å². The zero-order chi connectivity index (χ0) is 17.6. The van der Waals surface area contributed by atoms with Gasteiger partial charge in [-0.05, 0) is 43.3 Å². The first-order valence-electron chi connectivity index (χ1n) is 7.90. The van der Waals surface area contributed by atoms with Gasteiger partial charge >= 0.3 is 0 Å². The zero-order valence-corrected chi connectivity index (χ0v) is 15.3. The molecule has 0 fully saturated rings. The quantitative estimate of drug-likeness (QED) is 0.681. The Bertz CT molecular complexity index is 870. The summed E-state index contributed by atoms with van der Waals surface area (Å²) in [6.45, 7) is 2.71. The molecule has 5 nitrogen and oxygen atoms in total. The van der Waals surface area contributed by atoms with Crippen molar-refractivity contribution in [3.8, 4) is 0 Å². The summed E-state index contributed by atoms with van der Waals surface area (Å²) >= 11 is 3.39. The number of halogens is 1. The number of hydrogen-bond acceptors (Lipinski definition) is 4. The van der Waals surface area contributed by atoms with Crippen molar-refractivity contribution in [1.29, 1.82) is 0 Å². The molecule has 1 amide bonds. The van der Waals surface area contributed by atoms with E-state index >= 15 is 0 Å². The van der Waals surface area contributed by atoms with Gasteiger partial charge in [-0.25, -0.2) is 9.97 Å². The number of hydrogen-bond donors (Lipinski definition) is 1. The van der Waals surface area contributed by atoms with Crippen molar-refractivity contribution in [2.45, 2.75) is 6.92 Å². The molecule has 0 saturated heterocycles. The van der Waals surface area contributed by atoms with Crippen LogP contribution >= 0.6 is 15.9 Å². The number of para-hydroxylation sites is 1. The third kappa shape index (κ3) is 4.22. The van der Waals surface area contributed by atoms with Crippen LogP contribution in [0.3, 0.4) is 0 Å². The molecule has 6 heteroatoms. The van der Waals surface area contributed by atoms with E-state index in [4.69, 9.17) is 0 Å². The van der Waals surface area contributed by atoms with Crippen LogP contribution in [0.1, 0.15) is 17.4 Å². The van der Waals surface area contributed by atoms with Crippen LogP contribution < -0.4 is 10.2 Å². The standard InChI is InChI=1S/C19H17BrN4O/c1-2-24(16-9-4-3-5-10-16)19-21-12-11-17(23-19)18(25)22-15-8-6-7-14(20)13-15/h3-13H,2H2,1H3,(H,22,25). The summed E-state index contributed by atoms with van der Waals surface area (Å²) in [5.74, 6) is 0.224. The Morgan fingerprint density at radius 2 is 1.92 bits per heavy atom. The second-order valence-electron chi connectivity index (χ2n) is 5.29. The molecule has 0 aliphatic carbocycles. The van der Waals surface area contributed by atoms with E-state index in [-0.39, 0.29) is 5.91 Å². The fourth-order valence-electron chi connectivity index (χ4n) is 2.41. The van der Waals surface area contributed by atoms with Gasteiger partial charge < -0.3 is 10.2 Å². The number of benzene rings is 2. The summed E-state index contributed by atoms with van der Waals surface area (Å²) in [7, 11) is 0.